The zero-order valence-electron chi connectivity index (χ0n) is 12.7. The van der Waals surface area contributed by atoms with Gasteiger partial charge in [-0.05, 0) is 50.0 Å². The van der Waals surface area contributed by atoms with E-state index in [4.69, 9.17) is 5.73 Å². The van der Waals surface area contributed by atoms with Crippen molar-refractivity contribution in [1.29, 1.82) is 0 Å². The van der Waals surface area contributed by atoms with Crippen molar-refractivity contribution in [1.82, 2.24) is 4.90 Å². The summed E-state index contributed by atoms with van der Waals surface area (Å²) in [5.74, 6) is 2.82. The van der Waals surface area contributed by atoms with Gasteiger partial charge in [-0.15, -0.1) is 0 Å². The summed E-state index contributed by atoms with van der Waals surface area (Å²) in [5, 5.41) is 0. The highest BCUT2D eigenvalue weighted by Gasteiger charge is 2.45. The smallest absolute Gasteiger partial charge is 0.0357 e. The maximum atomic E-state index is 6.29. The number of likely N-dealkylation sites (tertiary alicyclic amines) is 1. The fourth-order valence-corrected chi connectivity index (χ4v) is 5.30. The molecule has 0 aromatic heterocycles. The third-order valence-corrected chi connectivity index (χ3v) is 6.69. The van der Waals surface area contributed by atoms with E-state index in [0.29, 0.717) is 5.54 Å². The van der Waals surface area contributed by atoms with Crippen LogP contribution in [0.3, 0.4) is 0 Å². The second-order valence-corrected chi connectivity index (χ2v) is 7.49. The molecule has 3 rings (SSSR count). The Balaban J connectivity index is 1.73. The largest absolute Gasteiger partial charge is 0.329 e. The molecule has 2 N–H and O–H groups in total. The molecule has 0 radical (unpaired) electrons. The van der Waals surface area contributed by atoms with Gasteiger partial charge < -0.3 is 5.73 Å². The Hall–Kier alpha value is -0.0800. The van der Waals surface area contributed by atoms with E-state index < -0.39 is 0 Å². The Morgan fingerprint density at radius 3 is 2.47 bits per heavy atom. The fraction of sp³-hybridized carbons (Fsp3) is 1.00. The first-order chi connectivity index (χ1) is 9.26. The maximum Gasteiger partial charge on any atom is 0.0357 e. The molecule has 4 unspecified atom stereocenters. The highest BCUT2D eigenvalue weighted by molar-refractivity contribution is 5.01. The number of hydrogen-bond acceptors (Lipinski definition) is 2. The lowest BCUT2D eigenvalue weighted by Crippen LogP contribution is -2.62. The number of fused-ring (bicyclic) bond motifs is 1. The summed E-state index contributed by atoms with van der Waals surface area (Å²) >= 11 is 0. The minimum Gasteiger partial charge on any atom is -0.329 e. The van der Waals surface area contributed by atoms with Crippen molar-refractivity contribution in [3.8, 4) is 0 Å². The molecule has 4 atom stereocenters. The average Bonchev–Trinajstić information content (AvgIpc) is 2.47. The van der Waals surface area contributed by atoms with Gasteiger partial charge in [0.15, 0.2) is 0 Å². The van der Waals surface area contributed by atoms with E-state index in [-0.39, 0.29) is 0 Å². The molecule has 3 fully saturated rings. The normalized spacial score (nSPS) is 44.8. The van der Waals surface area contributed by atoms with Crippen molar-refractivity contribution in [3.05, 3.63) is 0 Å². The van der Waals surface area contributed by atoms with Gasteiger partial charge in [0, 0.05) is 18.6 Å². The summed E-state index contributed by atoms with van der Waals surface area (Å²) in [6, 6.07) is 0. The molecule has 110 valence electrons. The molecule has 0 spiro atoms. The Kier molecular flexibility index (Phi) is 4.19. The predicted molar refractivity (Wildman–Crippen MR) is 81.1 cm³/mol. The van der Waals surface area contributed by atoms with Crippen LogP contribution in [-0.2, 0) is 0 Å². The van der Waals surface area contributed by atoms with Gasteiger partial charge in [0.2, 0.25) is 0 Å². The lowest BCUT2D eigenvalue weighted by molar-refractivity contribution is -0.0387. The molecule has 2 aliphatic carbocycles. The van der Waals surface area contributed by atoms with Gasteiger partial charge in [-0.25, -0.2) is 0 Å². The summed E-state index contributed by atoms with van der Waals surface area (Å²) in [4.78, 5) is 2.84. The predicted octanol–water partition coefficient (Wildman–Crippen LogP) is 3.41. The molecule has 0 aromatic carbocycles. The van der Waals surface area contributed by atoms with Crippen LogP contribution in [0.4, 0.5) is 0 Å². The number of rotatable bonds is 2. The number of piperidine rings is 1. The average molecular weight is 264 g/mol. The van der Waals surface area contributed by atoms with Gasteiger partial charge in [0.25, 0.3) is 0 Å². The van der Waals surface area contributed by atoms with E-state index >= 15 is 0 Å². The van der Waals surface area contributed by atoms with Crippen molar-refractivity contribution >= 4 is 0 Å². The summed E-state index contributed by atoms with van der Waals surface area (Å²) in [6.45, 7) is 6.01. The monoisotopic (exact) mass is 264 g/mol. The summed E-state index contributed by atoms with van der Waals surface area (Å²) in [7, 11) is 0. The first-order valence-corrected chi connectivity index (χ1v) is 8.71. The van der Waals surface area contributed by atoms with Crippen LogP contribution in [0.2, 0.25) is 0 Å². The molecular weight excluding hydrogens is 232 g/mol. The van der Waals surface area contributed by atoms with Gasteiger partial charge in [-0.3, -0.25) is 4.90 Å². The molecule has 3 aliphatic rings. The zero-order valence-corrected chi connectivity index (χ0v) is 12.7. The van der Waals surface area contributed by atoms with Gasteiger partial charge in [0.1, 0.15) is 0 Å². The first kappa shape index (κ1) is 13.9. The summed E-state index contributed by atoms with van der Waals surface area (Å²) in [6.07, 6.45) is 12.9. The van der Waals surface area contributed by atoms with Gasteiger partial charge in [-0.2, -0.15) is 0 Å². The van der Waals surface area contributed by atoms with Crippen molar-refractivity contribution in [3.63, 3.8) is 0 Å². The minimum atomic E-state index is 0.348. The maximum absolute atomic E-state index is 6.29. The SMILES string of the molecule is CC1CCCCC1(CN)N1CCC2CCCCC2C1. The van der Waals surface area contributed by atoms with Crippen LogP contribution in [0.15, 0.2) is 0 Å². The summed E-state index contributed by atoms with van der Waals surface area (Å²) in [5.41, 5.74) is 6.63. The standard InChI is InChI=1S/C17H32N2/c1-14-6-4-5-10-17(14,13-18)19-11-9-15-7-2-3-8-16(15)12-19/h14-16H,2-13,18H2,1H3. The van der Waals surface area contributed by atoms with Crippen LogP contribution in [0, 0.1) is 17.8 Å². The van der Waals surface area contributed by atoms with E-state index in [0.717, 1.165) is 24.3 Å². The second-order valence-electron chi connectivity index (χ2n) is 7.49. The lowest BCUT2D eigenvalue weighted by atomic mass is 9.69. The molecule has 1 aliphatic heterocycles. The van der Waals surface area contributed by atoms with Crippen LogP contribution < -0.4 is 5.73 Å². The van der Waals surface area contributed by atoms with Gasteiger partial charge in [0.05, 0.1) is 0 Å². The number of hydrogen-bond donors (Lipinski definition) is 1. The fourth-order valence-electron chi connectivity index (χ4n) is 5.30. The third-order valence-electron chi connectivity index (χ3n) is 6.69. The van der Waals surface area contributed by atoms with Crippen LogP contribution in [0.1, 0.15) is 64.7 Å². The van der Waals surface area contributed by atoms with Crippen LogP contribution in [-0.4, -0.2) is 30.1 Å². The molecule has 2 saturated carbocycles. The third kappa shape index (κ3) is 2.47. The highest BCUT2D eigenvalue weighted by Crippen LogP contribution is 2.43. The zero-order chi connectivity index (χ0) is 13.3. The number of nitrogens with zero attached hydrogens (tertiary/aromatic N) is 1. The van der Waals surface area contributed by atoms with Crippen LogP contribution >= 0.6 is 0 Å². The Labute approximate surface area is 119 Å². The minimum absolute atomic E-state index is 0.348. The first-order valence-electron chi connectivity index (χ1n) is 8.71. The van der Waals surface area contributed by atoms with E-state index in [1.807, 2.05) is 0 Å². The topological polar surface area (TPSA) is 29.3 Å². The lowest BCUT2D eigenvalue weighted by Gasteiger charge is -2.54. The number of nitrogens with two attached hydrogens (primary N) is 1. The van der Waals surface area contributed by atoms with Crippen molar-refractivity contribution in [2.75, 3.05) is 19.6 Å². The Morgan fingerprint density at radius 1 is 1.00 bits per heavy atom. The molecular formula is C17H32N2. The van der Waals surface area contributed by atoms with E-state index in [1.54, 1.807) is 0 Å². The second kappa shape index (κ2) is 5.73. The molecule has 19 heavy (non-hydrogen) atoms. The van der Waals surface area contributed by atoms with E-state index in [9.17, 15) is 0 Å². The molecule has 0 bridgehead atoms. The van der Waals surface area contributed by atoms with Crippen LogP contribution in [0.25, 0.3) is 0 Å². The Bertz CT molecular complexity index is 304. The highest BCUT2D eigenvalue weighted by atomic mass is 15.2. The summed E-state index contributed by atoms with van der Waals surface area (Å²) < 4.78 is 0. The molecule has 0 aromatic rings. The quantitative estimate of drug-likeness (QED) is 0.828. The van der Waals surface area contributed by atoms with E-state index in [1.165, 1.54) is 70.9 Å². The van der Waals surface area contributed by atoms with E-state index in [2.05, 4.69) is 11.8 Å². The van der Waals surface area contributed by atoms with Gasteiger partial charge >= 0.3 is 0 Å². The molecule has 0 amide bonds. The molecule has 2 heteroatoms. The van der Waals surface area contributed by atoms with Crippen molar-refractivity contribution in [2.45, 2.75) is 70.3 Å². The molecule has 2 nitrogen and oxygen atoms in total. The van der Waals surface area contributed by atoms with Crippen LogP contribution in [0.5, 0.6) is 0 Å². The van der Waals surface area contributed by atoms with Gasteiger partial charge in [-0.1, -0.05) is 39.0 Å². The van der Waals surface area contributed by atoms with Crippen molar-refractivity contribution in [2.24, 2.45) is 23.5 Å². The molecule has 1 saturated heterocycles. The van der Waals surface area contributed by atoms with Crippen molar-refractivity contribution < 1.29 is 0 Å². The Morgan fingerprint density at radius 2 is 1.74 bits per heavy atom. The molecule has 1 heterocycles.